The van der Waals surface area contributed by atoms with Gasteiger partial charge in [0.2, 0.25) is 10.0 Å². The minimum atomic E-state index is -4.02. The van der Waals surface area contributed by atoms with Crippen molar-refractivity contribution in [2.24, 2.45) is 0 Å². The van der Waals surface area contributed by atoms with Crippen LogP contribution in [-0.4, -0.2) is 44.6 Å². The van der Waals surface area contributed by atoms with Crippen LogP contribution in [0.2, 0.25) is 0 Å². The van der Waals surface area contributed by atoms with Crippen LogP contribution in [0.5, 0.6) is 11.5 Å². The van der Waals surface area contributed by atoms with Gasteiger partial charge in [-0.2, -0.15) is 15.4 Å². The summed E-state index contributed by atoms with van der Waals surface area (Å²) in [6, 6.07) is 2.04. The maximum Gasteiger partial charge on any atom is 0.243 e. The highest BCUT2D eigenvalue weighted by molar-refractivity contribution is 7.89. The molecule has 0 spiro atoms. The van der Waals surface area contributed by atoms with Crippen LogP contribution >= 0.6 is 0 Å². The van der Waals surface area contributed by atoms with E-state index < -0.39 is 20.7 Å². The molecule has 120 valence electrons. The van der Waals surface area contributed by atoms with Crippen LogP contribution in [-0.2, 0) is 16.4 Å². The van der Waals surface area contributed by atoms with E-state index in [0.29, 0.717) is 12.1 Å². The Morgan fingerprint density at radius 1 is 1.27 bits per heavy atom. The predicted molar refractivity (Wildman–Crippen MR) is 74.8 cm³/mol. The first kappa shape index (κ1) is 16.2. The molecule has 2 rings (SSSR count). The number of hydrogen-bond donors (Lipinski definition) is 2. The molecule has 0 atom stereocenters. The molecule has 0 saturated heterocycles. The van der Waals surface area contributed by atoms with E-state index in [-0.39, 0.29) is 18.0 Å². The molecule has 0 aliphatic heterocycles. The molecule has 8 nitrogen and oxygen atoms in total. The van der Waals surface area contributed by atoms with Gasteiger partial charge in [0, 0.05) is 25.1 Å². The average Bonchev–Trinajstić information content (AvgIpc) is 2.99. The van der Waals surface area contributed by atoms with E-state index >= 15 is 0 Å². The number of nitrogens with one attached hydrogen (secondary N) is 2. The second-order valence-corrected chi connectivity index (χ2v) is 5.98. The number of methoxy groups -OCH3 is 2. The Bertz CT molecular complexity index is 734. The molecule has 0 saturated carbocycles. The summed E-state index contributed by atoms with van der Waals surface area (Å²) in [6.07, 6.45) is 1.80. The van der Waals surface area contributed by atoms with Crippen LogP contribution in [0.1, 0.15) is 5.69 Å². The molecule has 22 heavy (non-hydrogen) atoms. The van der Waals surface area contributed by atoms with Crippen LogP contribution in [0, 0.1) is 5.82 Å². The molecular weight excluding hydrogens is 315 g/mol. The van der Waals surface area contributed by atoms with Gasteiger partial charge in [-0.3, -0.25) is 0 Å². The van der Waals surface area contributed by atoms with Crippen molar-refractivity contribution < 1.29 is 22.3 Å². The molecule has 2 N–H and O–H groups in total. The summed E-state index contributed by atoms with van der Waals surface area (Å²) in [4.78, 5) is -0.509. The quantitative estimate of drug-likeness (QED) is 0.765. The van der Waals surface area contributed by atoms with Gasteiger partial charge in [0.25, 0.3) is 0 Å². The van der Waals surface area contributed by atoms with Crippen molar-refractivity contribution in [2.45, 2.75) is 11.3 Å². The average molecular weight is 330 g/mol. The van der Waals surface area contributed by atoms with E-state index in [1.807, 2.05) is 0 Å². The third kappa shape index (κ3) is 3.52. The predicted octanol–water partition coefficient (Wildman–Crippen LogP) is 0.482. The van der Waals surface area contributed by atoms with Gasteiger partial charge < -0.3 is 9.47 Å². The van der Waals surface area contributed by atoms with Gasteiger partial charge in [0.1, 0.15) is 10.7 Å². The first-order valence-electron chi connectivity index (χ1n) is 6.23. The lowest BCUT2D eigenvalue weighted by Crippen LogP contribution is -2.27. The summed E-state index contributed by atoms with van der Waals surface area (Å²) in [5, 5.41) is 9.82. The normalized spacial score (nSPS) is 11.4. The minimum absolute atomic E-state index is 0.0582. The van der Waals surface area contributed by atoms with Crippen molar-refractivity contribution in [3.8, 4) is 11.5 Å². The molecule has 0 unspecified atom stereocenters. The minimum Gasteiger partial charge on any atom is -0.493 e. The number of hydrogen-bond acceptors (Lipinski definition) is 6. The SMILES string of the molecule is COc1cc(F)c(S(=O)(=O)NCCc2cn[nH]n2)cc1OC. The summed E-state index contributed by atoms with van der Waals surface area (Å²) in [6.45, 7) is 0.0582. The summed E-state index contributed by atoms with van der Waals surface area (Å²) >= 11 is 0. The molecule has 2 aromatic rings. The zero-order chi connectivity index (χ0) is 16.2. The van der Waals surface area contributed by atoms with Gasteiger partial charge in [-0.05, 0) is 0 Å². The Morgan fingerprint density at radius 2 is 1.95 bits per heavy atom. The molecule has 1 aromatic heterocycles. The second kappa shape index (κ2) is 6.71. The van der Waals surface area contributed by atoms with Crippen molar-refractivity contribution in [1.29, 1.82) is 0 Å². The molecule has 1 heterocycles. The maximum absolute atomic E-state index is 14.0. The lowest BCUT2D eigenvalue weighted by atomic mass is 10.3. The van der Waals surface area contributed by atoms with Crippen molar-refractivity contribution in [3.05, 3.63) is 29.8 Å². The van der Waals surface area contributed by atoms with Gasteiger partial charge in [-0.25, -0.2) is 17.5 Å². The van der Waals surface area contributed by atoms with Gasteiger partial charge >= 0.3 is 0 Å². The highest BCUT2D eigenvalue weighted by Crippen LogP contribution is 2.31. The number of ether oxygens (including phenoxy) is 2. The van der Waals surface area contributed by atoms with E-state index in [4.69, 9.17) is 9.47 Å². The molecule has 0 aliphatic rings. The van der Waals surface area contributed by atoms with Gasteiger partial charge in [0.05, 0.1) is 26.1 Å². The van der Waals surface area contributed by atoms with Crippen molar-refractivity contribution in [2.75, 3.05) is 20.8 Å². The molecule has 0 bridgehead atoms. The Balaban J connectivity index is 2.17. The van der Waals surface area contributed by atoms with E-state index in [1.165, 1.54) is 20.4 Å². The van der Waals surface area contributed by atoms with Crippen LogP contribution < -0.4 is 14.2 Å². The molecule has 0 radical (unpaired) electrons. The van der Waals surface area contributed by atoms with Gasteiger partial charge in [-0.15, -0.1) is 0 Å². The van der Waals surface area contributed by atoms with Crippen LogP contribution in [0.15, 0.2) is 23.2 Å². The van der Waals surface area contributed by atoms with Crippen molar-refractivity contribution in [1.82, 2.24) is 20.1 Å². The number of benzene rings is 1. The summed E-state index contributed by atoms with van der Waals surface area (Å²) in [7, 11) is -1.35. The number of rotatable bonds is 7. The van der Waals surface area contributed by atoms with Crippen LogP contribution in [0.25, 0.3) is 0 Å². The van der Waals surface area contributed by atoms with E-state index in [0.717, 1.165) is 12.1 Å². The van der Waals surface area contributed by atoms with Crippen LogP contribution in [0.3, 0.4) is 0 Å². The lowest BCUT2D eigenvalue weighted by molar-refractivity contribution is 0.350. The van der Waals surface area contributed by atoms with Crippen LogP contribution in [0.4, 0.5) is 4.39 Å². The number of H-pyrrole nitrogens is 1. The molecule has 10 heteroatoms. The molecular formula is C12H15FN4O4S. The third-order valence-corrected chi connectivity index (χ3v) is 4.34. The monoisotopic (exact) mass is 330 g/mol. The summed E-state index contributed by atoms with van der Waals surface area (Å²) in [5.41, 5.74) is 0.593. The summed E-state index contributed by atoms with van der Waals surface area (Å²) < 4.78 is 50.5. The van der Waals surface area contributed by atoms with E-state index in [2.05, 4.69) is 20.1 Å². The maximum atomic E-state index is 14.0. The van der Waals surface area contributed by atoms with Crippen molar-refractivity contribution >= 4 is 10.0 Å². The topological polar surface area (TPSA) is 106 Å². The Labute approximate surface area is 126 Å². The first-order chi connectivity index (χ1) is 10.5. The second-order valence-electron chi connectivity index (χ2n) is 4.25. The third-order valence-electron chi connectivity index (χ3n) is 2.87. The Kier molecular flexibility index (Phi) is 4.93. The fourth-order valence-corrected chi connectivity index (χ4v) is 2.88. The Hall–Kier alpha value is -2.20. The summed E-state index contributed by atoms with van der Waals surface area (Å²) in [5.74, 6) is -0.686. The molecule has 0 aliphatic carbocycles. The zero-order valence-electron chi connectivity index (χ0n) is 12.0. The number of halogens is 1. The smallest absolute Gasteiger partial charge is 0.243 e. The molecule has 0 fully saturated rings. The fraction of sp³-hybridized carbons (Fsp3) is 0.333. The largest absolute Gasteiger partial charge is 0.493 e. The number of nitrogens with zero attached hydrogens (tertiary/aromatic N) is 2. The molecule has 0 amide bonds. The lowest BCUT2D eigenvalue weighted by Gasteiger charge is -2.12. The van der Waals surface area contributed by atoms with Gasteiger partial charge in [0.15, 0.2) is 11.5 Å². The highest BCUT2D eigenvalue weighted by Gasteiger charge is 2.22. The zero-order valence-corrected chi connectivity index (χ0v) is 12.8. The van der Waals surface area contributed by atoms with Crippen molar-refractivity contribution in [3.63, 3.8) is 0 Å². The molecule has 1 aromatic carbocycles. The number of aromatic nitrogens is 3. The standard InChI is InChI=1S/C12H15FN4O4S/c1-20-10-5-9(13)12(6-11(10)21-2)22(18,19)15-4-3-8-7-14-17-16-8/h5-7,15H,3-4H2,1-2H3,(H,14,16,17). The Morgan fingerprint density at radius 3 is 2.55 bits per heavy atom. The highest BCUT2D eigenvalue weighted by atomic mass is 32.2. The number of aromatic amines is 1. The number of sulfonamides is 1. The first-order valence-corrected chi connectivity index (χ1v) is 7.72. The van der Waals surface area contributed by atoms with E-state index in [1.54, 1.807) is 0 Å². The fourth-order valence-electron chi connectivity index (χ4n) is 1.78. The van der Waals surface area contributed by atoms with Gasteiger partial charge in [-0.1, -0.05) is 0 Å². The van der Waals surface area contributed by atoms with E-state index in [9.17, 15) is 12.8 Å².